The highest BCUT2D eigenvalue weighted by molar-refractivity contribution is 5.95. The van der Waals surface area contributed by atoms with Crippen molar-refractivity contribution in [3.8, 4) is 28.7 Å². The van der Waals surface area contributed by atoms with Crippen molar-refractivity contribution in [1.82, 2.24) is 20.9 Å². The van der Waals surface area contributed by atoms with Crippen molar-refractivity contribution >= 4 is 23.6 Å². The Balaban J connectivity index is 2.29. The van der Waals surface area contributed by atoms with Gasteiger partial charge in [-0.25, -0.2) is 0 Å². The maximum Gasteiger partial charge on any atom is 0.248 e. The number of fused-ring (bicyclic) bond motifs is 5. The molecule has 13 nitrogen and oxygen atoms in total. The lowest BCUT2D eigenvalue weighted by Crippen LogP contribution is -2.54. The first-order chi connectivity index (χ1) is 20.1. The largest absolute Gasteiger partial charge is 0.492 e. The third-order valence-electron chi connectivity index (χ3n) is 6.70. The van der Waals surface area contributed by atoms with Crippen LogP contribution in [0.4, 0.5) is 0 Å². The van der Waals surface area contributed by atoms with Crippen molar-refractivity contribution in [1.29, 1.82) is 5.26 Å². The van der Waals surface area contributed by atoms with Gasteiger partial charge in [0.1, 0.15) is 49.4 Å². The Labute approximate surface area is 244 Å². The zero-order chi connectivity index (χ0) is 30.8. The SMILES string of the molecule is CC(=O)N(C)C1C(=O)N[C@@H](C)C(=O)NC(C(=O)NCC#N)Cc2ccc(OCCN)c(c2)-c2cc1ccc2OCCN. The Hall–Kier alpha value is -4.67. The maximum atomic E-state index is 13.6. The lowest BCUT2D eigenvalue weighted by atomic mass is 9.93. The van der Waals surface area contributed by atoms with E-state index in [2.05, 4.69) is 16.0 Å². The van der Waals surface area contributed by atoms with Crippen LogP contribution < -0.4 is 36.9 Å². The predicted molar refractivity (Wildman–Crippen MR) is 154 cm³/mol. The molecular formula is C29H37N7O6. The summed E-state index contributed by atoms with van der Waals surface area (Å²) in [5, 5.41) is 16.8. The molecule has 2 aromatic rings. The van der Waals surface area contributed by atoms with Crippen LogP contribution in [0.3, 0.4) is 0 Å². The normalized spacial score (nSPS) is 18.4. The molecule has 0 radical (unpaired) electrons. The van der Waals surface area contributed by atoms with Gasteiger partial charge < -0.3 is 41.8 Å². The van der Waals surface area contributed by atoms with Crippen molar-refractivity contribution in [3.63, 3.8) is 0 Å². The van der Waals surface area contributed by atoms with Crippen LogP contribution in [-0.2, 0) is 25.6 Å². The van der Waals surface area contributed by atoms with E-state index in [1.807, 2.05) is 6.07 Å². The fraction of sp³-hybridized carbons (Fsp3) is 0.414. The van der Waals surface area contributed by atoms with E-state index in [4.69, 9.17) is 26.2 Å². The van der Waals surface area contributed by atoms with Gasteiger partial charge in [-0.15, -0.1) is 0 Å². The molecule has 0 spiro atoms. The molecule has 2 unspecified atom stereocenters. The average molecular weight is 580 g/mol. The van der Waals surface area contributed by atoms with Gasteiger partial charge in [-0.2, -0.15) is 5.26 Å². The zero-order valence-corrected chi connectivity index (χ0v) is 23.9. The molecule has 0 saturated heterocycles. The van der Waals surface area contributed by atoms with Crippen LogP contribution in [-0.4, -0.2) is 80.5 Å². The van der Waals surface area contributed by atoms with Crippen molar-refractivity contribution in [2.45, 2.75) is 38.4 Å². The van der Waals surface area contributed by atoms with Gasteiger partial charge in [0, 0.05) is 44.6 Å². The van der Waals surface area contributed by atoms with Crippen LogP contribution in [0.1, 0.15) is 31.0 Å². The first-order valence-electron chi connectivity index (χ1n) is 13.5. The lowest BCUT2D eigenvalue weighted by Gasteiger charge is -2.29. The average Bonchev–Trinajstić information content (AvgIpc) is 2.97. The summed E-state index contributed by atoms with van der Waals surface area (Å²) in [6.07, 6.45) is 0.0716. The van der Waals surface area contributed by atoms with E-state index in [1.54, 1.807) is 36.4 Å². The van der Waals surface area contributed by atoms with Gasteiger partial charge in [0.05, 0.1) is 6.07 Å². The number of nitriles is 1. The second-order valence-corrected chi connectivity index (χ2v) is 9.76. The molecule has 2 aromatic carbocycles. The molecule has 3 atom stereocenters. The minimum absolute atomic E-state index is 0.0716. The number of hydrogen-bond donors (Lipinski definition) is 5. The smallest absolute Gasteiger partial charge is 0.248 e. The van der Waals surface area contributed by atoms with Gasteiger partial charge in [0.25, 0.3) is 0 Å². The van der Waals surface area contributed by atoms with E-state index in [0.29, 0.717) is 33.8 Å². The number of benzene rings is 2. The molecule has 0 aliphatic carbocycles. The number of likely N-dealkylation sites (N-methyl/N-ethyl adjacent to an activating group) is 1. The van der Waals surface area contributed by atoms with Crippen LogP contribution >= 0.6 is 0 Å². The van der Waals surface area contributed by atoms with E-state index in [9.17, 15) is 19.2 Å². The molecule has 4 amide bonds. The molecule has 0 aromatic heterocycles. The van der Waals surface area contributed by atoms with Gasteiger partial charge >= 0.3 is 0 Å². The van der Waals surface area contributed by atoms with Crippen molar-refractivity contribution in [3.05, 3.63) is 47.5 Å². The molecule has 1 aliphatic rings. The van der Waals surface area contributed by atoms with Crippen LogP contribution in [0.25, 0.3) is 11.1 Å². The number of nitrogens with two attached hydrogens (primary N) is 2. The summed E-state index contributed by atoms with van der Waals surface area (Å²) >= 11 is 0. The Bertz CT molecular complexity index is 1360. The standard InChI is InChI=1S/C29H37N7O6/c1-17-27(38)35-23(28(39)33-11-8-30)15-19-4-6-24(41-12-9-31)21(14-19)22-16-20(5-7-25(22)42-13-10-32)26(29(40)34-17)36(3)18(2)37/h4-7,14,16-17,23,26H,9-13,15,31-32H2,1-3H3,(H,33,39)(H,34,40)(H,35,38)/t17-,23?,26?/m0/s1. The van der Waals surface area contributed by atoms with E-state index in [1.165, 1.54) is 25.8 Å². The highest BCUT2D eigenvalue weighted by atomic mass is 16.5. The van der Waals surface area contributed by atoms with Gasteiger partial charge in [-0.1, -0.05) is 12.1 Å². The highest BCUT2D eigenvalue weighted by Crippen LogP contribution is 2.40. The second kappa shape index (κ2) is 14.8. The minimum Gasteiger partial charge on any atom is -0.492 e. The van der Waals surface area contributed by atoms with Gasteiger partial charge in [-0.3, -0.25) is 19.2 Å². The molecule has 0 saturated carbocycles. The summed E-state index contributed by atoms with van der Waals surface area (Å²) in [5.74, 6) is -1.23. The molecule has 42 heavy (non-hydrogen) atoms. The number of nitrogens with zero attached hydrogens (tertiary/aromatic N) is 2. The van der Waals surface area contributed by atoms with Crippen LogP contribution in [0.5, 0.6) is 11.5 Å². The molecule has 224 valence electrons. The number of rotatable bonds is 9. The van der Waals surface area contributed by atoms with E-state index >= 15 is 0 Å². The third kappa shape index (κ3) is 7.74. The molecule has 1 aliphatic heterocycles. The molecule has 3 rings (SSSR count). The third-order valence-corrected chi connectivity index (χ3v) is 6.70. The summed E-state index contributed by atoms with van der Waals surface area (Å²) in [5.41, 5.74) is 13.7. The monoisotopic (exact) mass is 579 g/mol. The number of hydrogen-bond acceptors (Lipinski definition) is 9. The van der Waals surface area contributed by atoms with Crippen molar-refractivity contribution < 1.29 is 28.7 Å². The predicted octanol–water partition coefficient (Wildman–Crippen LogP) is -0.267. The Morgan fingerprint density at radius 1 is 1.02 bits per heavy atom. The second-order valence-electron chi connectivity index (χ2n) is 9.76. The quantitative estimate of drug-likeness (QED) is 0.248. The Morgan fingerprint density at radius 3 is 2.24 bits per heavy atom. The summed E-state index contributed by atoms with van der Waals surface area (Å²) in [6.45, 7) is 3.51. The first kappa shape index (κ1) is 31.9. The minimum atomic E-state index is -1.10. The molecule has 13 heteroatoms. The molecule has 0 fully saturated rings. The molecular weight excluding hydrogens is 542 g/mol. The van der Waals surface area contributed by atoms with Crippen LogP contribution in [0.15, 0.2) is 36.4 Å². The number of amides is 4. The van der Waals surface area contributed by atoms with Gasteiger partial charge in [0.2, 0.25) is 23.6 Å². The van der Waals surface area contributed by atoms with Crippen molar-refractivity contribution in [2.75, 3.05) is 39.9 Å². The first-order valence-corrected chi connectivity index (χ1v) is 13.5. The van der Waals surface area contributed by atoms with E-state index in [-0.39, 0.29) is 45.2 Å². The number of carbonyl (C=O) groups is 4. The van der Waals surface area contributed by atoms with E-state index < -0.39 is 35.8 Å². The van der Waals surface area contributed by atoms with Crippen molar-refractivity contribution in [2.24, 2.45) is 11.5 Å². The zero-order valence-electron chi connectivity index (χ0n) is 23.9. The summed E-state index contributed by atoms with van der Waals surface area (Å²) in [4.78, 5) is 53.4. The Morgan fingerprint density at radius 2 is 1.64 bits per heavy atom. The fourth-order valence-electron chi connectivity index (χ4n) is 4.51. The summed E-state index contributed by atoms with van der Waals surface area (Å²) in [7, 11) is 1.49. The van der Waals surface area contributed by atoms with Crippen LogP contribution in [0, 0.1) is 11.3 Å². The van der Waals surface area contributed by atoms with Gasteiger partial charge in [-0.05, 0) is 42.3 Å². The topological polar surface area (TPSA) is 202 Å². The highest BCUT2D eigenvalue weighted by Gasteiger charge is 2.32. The Kier molecular flexibility index (Phi) is 11.2. The summed E-state index contributed by atoms with van der Waals surface area (Å²) in [6, 6.07) is 9.02. The maximum absolute atomic E-state index is 13.6. The molecule has 7 N–H and O–H groups in total. The molecule has 1 heterocycles. The van der Waals surface area contributed by atoms with E-state index in [0.717, 1.165) is 0 Å². The number of carbonyl (C=O) groups excluding carboxylic acids is 4. The number of ether oxygens (including phenoxy) is 2. The summed E-state index contributed by atoms with van der Waals surface area (Å²) < 4.78 is 11.9. The number of nitrogens with one attached hydrogen (secondary N) is 3. The molecule has 4 bridgehead atoms. The lowest BCUT2D eigenvalue weighted by molar-refractivity contribution is -0.139. The fourth-order valence-corrected chi connectivity index (χ4v) is 4.51. The van der Waals surface area contributed by atoms with Crippen LogP contribution in [0.2, 0.25) is 0 Å². The van der Waals surface area contributed by atoms with Gasteiger partial charge in [0.15, 0.2) is 0 Å².